The molecule has 0 spiro atoms. The Morgan fingerprint density at radius 1 is 1.28 bits per heavy atom. The fraction of sp³-hybridized carbons (Fsp3) is 0.190. The van der Waals surface area contributed by atoms with Crippen molar-refractivity contribution in [2.75, 3.05) is 11.1 Å². The molecular weight excluding hydrogens is 393 g/mol. The van der Waals surface area contributed by atoms with Crippen molar-refractivity contribution in [3.8, 4) is 0 Å². The maximum atomic E-state index is 13.7. The quantitative estimate of drug-likeness (QED) is 0.390. The van der Waals surface area contributed by atoms with Crippen LogP contribution >= 0.6 is 11.8 Å². The van der Waals surface area contributed by atoms with E-state index in [0.29, 0.717) is 34.1 Å². The number of furan rings is 1. The number of aromatic nitrogens is 2. The minimum absolute atomic E-state index is 0.0310. The number of hydrogen-bond acceptors (Lipinski definition) is 5. The van der Waals surface area contributed by atoms with Crippen LogP contribution < -0.4 is 10.9 Å². The molecule has 0 saturated carbocycles. The van der Waals surface area contributed by atoms with Gasteiger partial charge in [-0.15, -0.1) is 0 Å². The Morgan fingerprint density at radius 3 is 2.83 bits per heavy atom. The Hall–Kier alpha value is -3.13. The van der Waals surface area contributed by atoms with Gasteiger partial charge in [0.2, 0.25) is 11.5 Å². The van der Waals surface area contributed by atoms with E-state index in [9.17, 15) is 14.0 Å². The molecule has 0 aliphatic carbocycles. The normalized spacial score (nSPS) is 11.3. The van der Waals surface area contributed by atoms with Crippen molar-refractivity contribution < 1.29 is 13.6 Å². The molecule has 4 aromatic rings. The SMILES string of the molecule is CCn1c(SCC(=O)Nc2ccc(C)c(F)c2)nc2c(oc3ccccc32)c1=O. The predicted molar refractivity (Wildman–Crippen MR) is 112 cm³/mol. The zero-order valence-corrected chi connectivity index (χ0v) is 16.7. The minimum Gasteiger partial charge on any atom is -0.448 e. The van der Waals surface area contributed by atoms with Crippen molar-refractivity contribution in [3.05, 3.63) is 64.2 Å². The lowest BCUT2D eigenvalue weighted by atomic mass is 10.2. The molecule has 8 heteroatoms. The number of fused-ring (bicyclic) bond motifs is 3. The second kappa shape index (κ2) is 7.71. The van der Waals surface area contributed by atoms with Gasteiger partial charge < -0.3 is 9.73 Å². The van der Waals surface area contributed by atoms with E-state index in [-0.39, 0.29) is 28.6 Å². The lowest BCUT2D eigenvalue weighted by molar-refractivity contribution is -0.113. The highest BCUT2D eigenvalue weighted by Gasteiger charge is 2.18. The highest BCUT2D eigenvalue weighted by Crippen LogP contribution is 2.27. The van der Waals surface area contributed by atoms with Crippen LogP contribution in [0, 0.1) is 12.7 Å². The van der Waals surface area contributed by atoms with Gasteiger partial charge in [0.25, 0.3) is 5.56 Å². The molecule has 1 amide bonds. The van der Waals surface area contributed by atoms with Gasteiger partial charge in [-0.25, -0.2) is 9.37 Å². The van der Waals surface area contributed by atoms with Gasteiger partial charge in [0.05, 0.1) is 5.75 Å². The molecule has 0 saturated heterocycles. The molecule has 0 unspecified atom stereocenters. The molecule has 0 atom stereocenters. The highest BCUT2D eigenvalue weighted by atomic mass is 32.2. The fourth-order valence-corrected chi connectivity index (χ4v) is 3.90. The van der Waals surface area contributed by atoms with Crippen molar-refractivity contribution >= 4 is 45.4 Å². The summed E-state index contributed by atoms with van der Waals surface area (Å²) in [5.41, 5.74) is 1.90. The second-order valence-corrected chi connectivity index (χ2v) is 7.46. The number of carbonyl (C=O) groups excluding carboxylic acids is 1. The number of amides is 1. The first-order valence-corrected chi connectivity index (χ1v) is 10.1. The van der Waals surface area contributed by atoms with Gasteiger partial charge in [-0.05, 0) is 43.7 Å². The molecule has 2 heterocycles. The number of aryl methyl sites for hydroxylation is 1. The van der Waals surface area contributed by atoms with Crippen LogP contribution in [-0.4, -0.2) is 21.2 Å². The van der Waals surface area contributed by atoms with Gasteiger partial charge in [-0.1, -0.05) is 30.0 Å². The van der Waals surface area contributed by atoms with Gasteiger partial charge in [-0.3, -0.25) is 14.2 Å². The van der Waals surface area contributed by atoms with Crippen LogP contribution in [-0.2, 0) is 11.3 Å². The Bertz CT molecular complexity index is 1300. The number of hydrogen-bond donors (Lipinski definition) is 1. The standard InChI is InChI=1S/C21H18FN3O3S/c1-3-25-20(27)19-18(14-6-4-5-7-16(14)28-19)24-21(25)29-11-17(26)23-13-9-8-12(2)15(22)10-13/h4-10H,3,11H2,1-2H3,(H,23,26). The third-order valence-corrected chi connectivity index (χ3v) is 5.53. The van der Waals surface area contributed by atoms with E-state index in [2.05, 4.69) is 10.3 Å². The number of rotatable bonds is 5. The topological polar surface area (TPSA) is 77.1 Å². The monoisotopic (exact) mass is 411 g/mol. The van der Waals surface area contributed by atoms with Gasteiger partial charge >= 0.3 is 0 Å². The maximum Gasteiger partial charge on any atom is 0.297 e. The van der Waals surface area contributed by atoms with E-state index in [1.807, 2.05) is 25.1 Å². The van der Waals surface area contributed by atoms with Crippen LogP contribution in [0.25, 0.3) is 22.1 Å². The second-order valence-electron chi connectivity index (χ2n) is 6.52. The number of nitrogens with zero attached hydrogens (tertiary/aromatic N) is 2. The molecule has 148 valence electrons. The minimum atomic E-state index is -0.380. The first kappa shape index (κ1) is 19.2. The van der Waals surface area contributed by atoms with Crippen molar-refractivity contribution in [2.24, 2.45) is 0 Å². The Labute approximate surface area is 169 Å². The predicted octanol–water partition coefficient (Wildman–Crippen LogP) is 4.34. The van der Waals surface area contributed by atoms with E-state index >= 15 is 0 Å². The highest BCUT2D eigenvalue weighted by molar-refractivity contribution is 7.99. The summed E-state index contributed by atoms with van der Waals surface area (Å²) in [6, 6.07) is 11.8. The van der Waals surface area contributed by atoms with E-state index in [4.69, 9.17) is 4.42 Å². The molecule has 0 aliphatic rings. The Kier molecular flexibility index (Phi) is 5.10. The summed E-state index contributed by atoms with van der Waals surface area (Å²) in [5.74, 6) is -0.662. The van der Waals surface area contributed by atoms with Crippen molar-refractivity contribution in [2.45, 2.75) is 25.5 Å². The number of carbonyl (C=O) groups is 1. The summed E-state index contributed by atoms with van der Waals surface area (Å²) in [4.78, 5) is 29.7. The Morgan fingerprint density at radius 2 is 2.07 bits per heavy atom. The number of anilines is 1. The molecule has 29 heavy (non-hydrogen) atoms. The van der Waals surface area contributed by atoms with Gasteiger partial charge in [0, 0.05) is 17.6 Å². The third kappa shape index (κ3) is 3.63. The summed E-state index contributed by atoms with van der Waals surface area (Å²) < 4.78 is 20.8. The summed E-state index contributed by atoms with van der Waals surface area (Å²) >= 11 is 1.15. The Balaban J connectivity index is 1.61. The van der Waals surface area contributed by atoms with E-state index in [1.165, 1.54) is 10.6 Å². The average molecular weight is 411 g/mol. The average Bonchev–Trinajstić information content (AvgIpc) is 3.08. The van der Waals surface area contributed by atoms with Crippen molar-refractivity contribution in [1.82, 2.24) is 9.55 Å². The molecule has 6 nitrogen and oxygen atoms in total. The maximum absolute atomic E-state index is 13.7. The molecule has 0 aliphatic heterocycles. The van der Waals surface area contributed by atoms with Crippen LogP contribution in [0.3, 0.4) is 0 Å². The van der Waals surface area contributed by atoms with Crippen LogP contribution in [0.1, 0.15) is 12.5 Å². The summed E-state index contributed by atoms with van der Waals surface area (Å²) in [6.07, 6.45) is 0. The molecule has 0 radical (unpaired) electrons. The number of halogens is 1. The van der Waals surface area contributed by atoms with Crippen LogP contribution in [0.4, 0.5) is 10.1 Å². The summed E-state index contributed by atoms with van der Waals surface area (Å²) in [6.45, 7) is 3.88. The summed E-state index contributed by atoms with van der Waals surface area (Å²) in [5, 5.41) is 3.85. The fourth-order valence-electron chi connectivity index (χ4n) is 3.04. The number of nitrogens with one attached hydrogen (secondary N) is 1. The van der Waals surface area contributed by atoms with E-state index < -0.39 is 0 Å². The van der Waals surface area contributed by atoms with Crippen LogP contribution in [0.2, 0.25) is 0 Å². The lowest BCUT2D eigenvalue weighted by Crippen LogP contribution is -2.23. The smallest absolute Gasteiger partial charge is 0.297 e. The third-order valence-electron chi connectivity index (χ3n) is 4.55. The molecule has 2 aromatic heterocycles. The molecule has 2 aromatic carbocycles. The zero-order chi connectivity index (χ0) is 20.5. The van der Waals surface area contributed by atoms with Crippen molar-refractivity contribution in [3.63, 3.8) is 0 Å². The molecular formula is C21H18FN3O3S. The molecule has 1 N–H and O–H groups in total. The van der Waals surface area contributed by atoms with Crippen molar-refractivity contribution in [1.29, 1.82) is 0 Å². The van der Waals surface area contributed by atoms with Gasteiger partial charge in [0.1, 0.15) is 16.9 Å². The number of thioether (sulfide) groups is 1. The van der Waals surface area contributed by atoms with E-state index in [0.717, 1.165) is 17.1 Å². The largest absolute Gasteiger partial charge is 0.448 e. The molecule has 0 bridgehead atoms. The summed E-state index contributed by atoms with van der Waals surface area (Å²) in [7, 11) is 0. The molecule has 4 rings (SSSR count). The zero-order valence-electron chi connectivity index (χ0n) is 15.9. The van der Waals surface area contributed by atoms with E-state index in [1.54, 1.807) is 25.1 Å². The van der Waals surface area contributed by atoms with Gasteiger partial charge in [-0.2, -0.15) is 0 Å². The number of benzene rings is 2. The van der Waals surface area contributed by atoms with Crippen LogP contribution in [0.5, 0.6) is 0 Å². The first-order chi connectivity index (χ1) is 14.0. The number of para-hydroxylation sites is 1. The first-order valence-electron chi connectivity index (χ1n) is 9.08. The van der Waals surface area contributed by atoms with Gasteiger partial charge in [0.15, 0.2) is 5.16 Å². The molecule has 0 fully saturated rings. The van der Waals surface area contributed by atoms with Crippen LogP contribution in [0.15, 0.2) is 56.8 Å². The lowest BCUT2D eigenvalue weighted by Gasteiger charge is -2.10.